The van der Waals surface area contributed by atoms with E-state index in [0.29, 0.717) is 11.3 Å². The molecule has 1 aliphatic heterocycles. The molecule has 0 atom stereocenters. The molecule has 2 N–H and O–H groups in total. The normalized spacial score (nSPS) is 21.3. The van der Waals surface area contributed by atoms with Crippen LogP contribution in [0.15, 0.2) is 16.9 Å². The summed E-state index contributed by atoms with van der Waals surface area (Å²) in [5, 5.41) is 9.08. The van der Waals surface area contributed by atoms with E-state index in [0.717, 1.165) is 0 Å². The Hall–Kier alpha value is -1.11. The van der Waals surface area contributed by atoms with Gasteiger partial charge < -0.3 is 19.4 Å². The molecule has 0 amide bonds. The molecule has 6 heteroatoms. The number of aromatic amines is 1. The standard InChI is InChI=1S/C12H18BNO4/c1-11(2)12(3,4)18-13(17-11)10-6-9(16)5-8(7-15)14-10/h5-6,15H,7H2,1-4H3,(H,14,16). The number of aliphatic hydroxyl groups is 1. The van der Waals surface area contributed by atoms with Gasteiger partial charge in [0.1, 0.15) is 0 Å². The molecule has 1 aromatic rings. The van der Waals surface area contributed by atoms with Crippen LogP contribution < -0.4 is 11.0 Å². The molecule has 5 nitrogen and oxygen atoms in total. The van der Waals surface area contributed by atoms with E-state index in [-0.39, 0.29) is 12.0 Å². The highest BCUT2D eigenvalue weighted by Crippen LogP contribution is 2.36. The summed E-state index contributed by atoms with van der Waals surface area (Å²) < 4.78 is 11.7. The molecule has 1 aliphatic rings. The van der Waals surface area contributed by atoms with Gasteiger partial charge in [0.2, 0.25) is 0 Å². The highest BCUT2D eigenvalue weighted by Gasteiger charge is 2.52. The third kappa shape index (κ3) is 2.23. The van der Waals surface area contributed by atoms with Gasteiger partial charge in [-0.1, -0.05) is 0 Å². The fraction of sp³-hybridized carbons (Fsp3) is 0.583. The number of pyridine rings is 1. The van der Waals surface area contributed by atoms with Crippen LogP contribution in [0.4, 0.5) is 0 Å². The van der Waals surface area contributed by atoms with Crippen molar-refractivity contribution in [2.24, 2.45) is 0 Å². The quantitative estimate of drug-likeness (QED) is 0.735. The molecule has 2 heterocycles. The smallest absolute Gasteiger partial charge is 0.398 e. The first-order valence-corrected chi connectivity index (χ1v) is 5.95. The van der Waals surface area contributed by atoms with Crippen molar-refractivity contribution in [2.75, 3.05) is 0 Å². The Bertz CT molecular complexity index is 493. The van der Waals surface area contributed by atoms with E-state index < -0.39 is 18.3 Å². The minimum atomic E-state index is -0.616. The lowest BCUT2D eigenvalue weighted by molar-refractivity contribution is 0.00578. The Balaban J connectivity index is 2.35. The van der Waals surface area contributed by atoms with Gasteiger partial charge in [-0.3, -0.25) is 4.79 Å². The number of nitrogens with one attached hydrogen (secondary N) is 1. The Morgan fingerprint density at radius 3 is 2.28 bits per heavy atom. The van der Waals surface area contributed by atoms with E-state index in [2.05, 4.69) is 4.98 Å². The number of aliphatic hydroxyl groups excluding tert-OH is 1. The maximum absolute atomic E-state index is 11.5. The second kappa shape index (κ2) is 4.22. The number of hydrogen-bond donors (Lipinski definition) is 2. The largest absolute Gasteiger partial charge is 0.512 e. The first-order chi connectivity index (χ1) is 8.25. The number of hydrogen-bond acceptors (Lipinski definition) is 4. The monoisotopic (exact) mass is 251 g/mol. The highest BCUT2D eigenvalue weighted by molar-refractivity contribution is 6.61. The van der Waals surface area contributed by atoms with E-state index in [4.69, 9.17) is 14.4 Å². The fourth-order valence-electron chi connectivity index (χ4n) is 1.81. The van der Waals surface area contributed by atoms with Crippen LogP contribution in [0, 0.1) is 0 Å². The predicted octanol–water partition coefficient (Wildman–Crippen LogP) is 0.166. The zero-order valence-electron chi connectivity index (χ0n) is 11.1. The van der Waals surface area contributed by atoms with Gasteiger partial charge >= 0.3 is 7.12 Å². The van der Waals surface area contributed by atoms with Crippen LogP contribution in [0.25, 0.3) is 0 Å². The number of aromatic nitrogens is 1. The van der Waals surface area contributed by atoms with E-state index >= 15 is 0 Å². The molecule has 1 saturated heterocycles. The fourth-order valence-corrected chi connectivity index (χ4v) is 1.81. The van der Waals surface area contributed by atoms with Crippen molar-refractivity contribution in [3.63, 3.8) is 0 Å². The molecule has 0 spiro atoms. The molecule has 0 aromatic carbocycles. The van der Waals surface area contributed by atoms with Crippen LogP contribution in [-0.2, 0) is 15.9 Å². The van der Waals surface area contributed by atoms with Crippen molar-refractivity contribution in [1.82, 2.24) is 4.98 Å². The second-order valence-corrected chi connectivity index (χ2v) is 5.54. The molecule has 0 aliphatic carbocycles. The molecule has 0 radical (unpaired) electrons. The summed E-state index contributed by atoms with van der Waals surface area (Å²) in [5.74, 6) is 0. The first-order valence-electron chi connectivity index (χ1n) is 5.95. The summed E-state index contributed by atoms with van der Waals surface area (Å²) in [6.07, 6.45) is 0. The molecule has 0 bridgehead atoms. The Morgan fingerprint density at radius 2 is 1.78 bits per heavy atom. The summed E-state index contributed by atoms with van der Waals surface area (Å²) in [6.45, 7) is 7.56. The average Bonchev–Trinajstić information content (AvgIpc) is 2.47. The summed E-state index contributed by atoms with van der Waals surface area (Å²) in [5.41, 5.74) is -0.104. The summed E-state index contributed by atoms with van der Waals surface area (Å²) in [4.78, 5) is 14.5. The van der Waals surface area contributed by atoms with Gasteiger partial charge in [0.05, 0.1) is 17.8 Å². The molecule has 0 unspecified atom stereocenters. The maximum atomic E-state index is 11.5. The number of H-pyrrole nitrogens is 1. The Morgan fingerprint density at radius 1 is 1.22 bits per heavy atom. The third-order valence-corrected chi connectivity index (χ3v) is 3.60. The summed E-state index contributed by atoms with van der Waals surface area (Å²) in [6, 6.07) is 2.79. The molecule has 2 rings (SSSR count). The maximum Gasteiger partial charge on any atom is 0.512 e. The van der Waals surface area contributed by atoms with Gasteiger partial charge in [-0.2, -0.15) is 0 Å². The SMILES string of the molecule is CC1(C)OB(c2cc(=O)cc(CO)[nH]2)OC1(C)C. The van der Waals surface area contributed by atoms with Crippen LogP contribution in [-0.4, -0.2) is 28.4 Å². The van der Waals surface area contributed by atoms with E-state index in [9.17, 15) is 4.79 Å². The van der Waals surface area contributed by atoms with E-state index in [1.165, 1.54) is 12.1 Å². The van der Waals surface area contributed by atoms with Gasteiger partial charge in [0, 0.05) is 23.4 Å². The van der Waals surface area contributed by atoms with E-state index in [1.54, 1.807) is 0 Å². The van der Waals surface area contributed by atoms with Crippen LogP contribution in [0.5, 0.6) is 0 Å². The molecular weight excluding hydrogens is 233 g/mol. The molecular formula is C12H18BNO4. The van der Waals surface area contributed by atoms with E-state index in [1.807, 2.05) is 27.7 Å². The zero-order valence-corrected chi connectivity index (χ0v) is 11.1. The topological polar surface area (TPSA) is 71.5 Å². The first kappa shape index (κ1) is 13.3. The Labute approximate surface area is 106 Å². The van der Waals surface area contributed by atoms with Crippen molar-refractivity contribution in [1.29, 1.82) is 0 Å². The lowest BCUT2D eigenvalue weighted by Gasteiger charge is -2.32. The summed E-state index contributed by atoms with van der Waals surface area (Å²) in [7, 11) is -0.616. The van der Waals surface area contributed by atoms with Crippen LogP contribution in [0.1, 0.15) is 33.4 Å². The van der Waals surface area contributed by atoms with Gasteiger partial charge in [0.25, 0.3) is 0 Å². The van der Waals surface area contributed by atoms with Crippen molar-refractivity contribution >= 4 is 12.7 Å². The minimum absolute atomic E-state index is 0.178. The van der Waals surface area contributed by atoms with Crippen LogP contribution in [0.3, 0.4) is 0 Å². The highest BCUT2D eigenvalue weighted by atomic mass is 16.7. The lowest BCUT2D eigenvalue weighted by Crippen LogP contribution is -2.41. The van der Waals surface area contributed by atoms with Crippen molar-refractivity contribution in [3.05, 3.63) is 28.0 Å². The van der Waals surface area contributed by atoms with Crippen molar-refractivity contribution in [2.45, 2.75) is 45.5 Å². The average molecular weight is 251 g/mol. The number of rotatable bonds is 2. The van der Waals surface area contributed by atoms with Gasteiger partial charge in [-0.05, 0) is 27.7 Å². The van der Waals surface area contributed by atoms with Gasteiger partial charge in [0.15, 0.2) is 5.43 Å². The van der Waals surface area contributed by atoms with Gasteiger partial charge in [-0.25, -0.2) is 0 Å². The third-order valence-electron chi connectivity index (χ3n) is 3.60. The van der Waals surface area contributed by atoms with Crippen molar-refractivity contribution in [3.8, 4) is 0 Å². The van der Waals surface area contributed by atoms with Gasteiger partial charge in [-0.15, -0.1) is 0 Å². The second-order valence-electron chi connectivity index (χ2n) is 5.54. The van der Waals surface area contributed by atoms with Crippen LogP contribution in [0.2, 0.25) is 0 Å². The zero-order chi connectivity index (χ0) is 13.6. The summed E-state index contributed by atoms with van der Waals surface area (Å²) >= 11 is 0. The molecule has 98 valence electrons. The molecule has 18 heavy (non-hydrogen) atoms. The Kier molecular flexibility index (Phi) is 3.13. The van der Waals surface area contributed by atoms with Crippen molar-refractivity contribution < 1.29 is 14.4 Å². The minimum Gasteiger partial charge on any atom is -0.398 e. The molecule has 1 aromatic heterocycles. The molecule has 0 saturated carbocycles. The molecule has 1 fully saturated rings. The van der Waals surface area contributed by atoms with Crippen LogP contribution >= 0.6 is 0 Å². The predicted molar refractivity (Wildman–Crippen MR) is 68.7 cm³/mol. The lowest BCUT2D eigenvalue weighted by atomic mass is 9.84.